The lowest BCUT2D eigenvalue weighted by Gasteiger charge is -2.15. The topological polar surface area (TPSA) is 49.7 Å². The van der Waals surface area contributed by atoms with Crippen LogP contribution in [0.25, 0.3) is 21.5 Å². The number of benzene rings is 4. The Balaban J connectivity index is 1.92. The molecule has 4 rings (SSSR count). The standard InChI is InChI=1S/C22H18O3/c23-13-17-9-1-5-15-7-3-11-19(21(15)17)25-20-12-4-8-16-6-2-10-18(14-24)22(16)20/h1-12,23-24H,13-14H2. The molecular weight excluding hydrogens is 312 g/mol. The van der Waals surface area contributed by atoms with E-state index in [1.807, 2.05) is 72.8 Å². The van der Waals surface area contributed by atoms with Crippen molar-refractivity contribution in [3.05, 3.63) is 83.9 Å². The SMILES string of the molecule is OCc1cccc2cccc(Oc3cccc4cccc(CO)c34)c12. The minimum atomic E-state index is -0.0465. The summed E-state index contributed by atoms with van der Waals surface area (Å²) in [6.07, 6.45) is 0. The van der Waals surface area contributed by atoms with E-state index in [4.69, 9.17) is 4.74 Å². The first-order chi connectivity index (χ1) is 12.3. The second-order valence-corrected chi connectivity index (χ2v) is 5.96. The summed E-state index contributed by atoms with van der Waals surface area (Å²) in [6, 6.07) is 23.4. The number of aliphatic hydroxyl groups is 2. The van der Waals surface area contributed by atoms with E-state index in [-0.39, 0.29) is 13.2 Å². The van der Waals surface area contributed by atoms with Crippen LogP contribution in [-0.4, -0.2) is 10.2 Å². The Labute approximate surface area is 145 Å². The lowest BCUT2D eigenvalue weighted by molar-refractivity contribution is 0.283. The number of ether oxygens (including phenoxy) is 1. The van der Waals surface area contributed by atoms with E-state index in [9.17, 15) is 10.2 Å². The molecule has 124 valence electrons. The van der Waals surface area contributed by atoms with Gasteiger partial charge < -0.3 is 14.9 Å². The third-order valence-electron chi connectivity index (χ3n) is 4.47. The molecule has 0 saturated carbocycles. The van der Waals surface area contributed by atoms with E-state index < -0.39 is 0 Å². The fourth-order valence-corrected chi connectivity index (χ4v) is 3.32. The van der Waals surface area contributed by atoms with Crippen LogP contribution in [0.5, 0.6) is 11.5 Å². The van der Waals surface area contributed by atoms with Crippen molar-refractivity contribution in [2.24, 2.45) is 0 Å². The lowest BCUT2D eigenvalue weighted by atomic mass is 10.0. The van der Waals surface area contributed by atoms with Gasteiger partial charge in [-0.1, -0.05) is 60.7 Å². The van der Waals surface area contributed by atoms with Gasteiger partial charge in [0, 0.05) is 10.8 Å². The molecule has 0 aliphatic carbocycles. The minimum absolute atomic E-state index is 0.0465. The highest BCUT2D eigenvalue weighted by molar-refractivity contribution is 5.94. The molecule has 0 spiro atoms. The summed E-state index contributed by atoms with van der Waals surface area (Å²) in [6.45, 7) is -0.0930. The monoisotopic (exact) mass is 330 g/mol. The first-order valence-electron chi connectivity index (χ1n) is 8.22. The molecule has 0 amide bonds. The summed E-state index contributed by atoms with van der Waals surface area (Å²) in [5.74, 6) is 1.39. The second-order valence-electron chi connectivity index (χ2n) is 5.96. The molecule has 4 aromatic rings. The number of fused-ring (bicyclic) bond motifs is 2. The fourth-order valence-electron chi connectivity index (χ4n) is 3.32. The number of hydrogen-bond acceptors (Lipinski definition) is 3. The van der Waals surface area contributed by atoms with Gasteiger partial charge in [-0.3, -0.25) is 0 Å². The molecule has 3 heteroatoms. The van der Waals surface area contributed by atoms with Crippen molar-refractivity contribution in [2.75, 3.05) is 0 Å². The predicted molar refractivity (Wildman–Crippen MR) is 99.8 cm³/mol. The van der Waals surface area contributed by atoms with Crippen LogP contribution in [0.1, 0.15) is 11.1 Å². The molecule has 0 atom stereocenters. The van der Waals surface area contributed by atoms with Gasteiger partial charge in [0.05, 0.1) is 13.2 Å². The van der Waals surface area contributed by atoms with Crippen LogP contribution in [0, 0.1) is 0 Å². The smallest absolute Gasteiger partial charge is 0.135 e. The quantitative estimate of drug-likeness (QED) is 0.567. The highest BCUT2D eigenvalue weighted by atomic mass is 16.5. The Morgan fingerprint density at radius 2 is 0.960 bits per heavy atom. The summed E-state index contributed by atoms with van der Waals surface area (Å²) in [5.41, 5.74) is 1.66. The summed E-state index contributed by atoms with van der Waals surface area (Å²) in [4.78, 5) is 0. The molecule has 0 unspecified atom stereocenters. The molecule has 0 radical (unpaired) electrons. The fraction of sp³-hybridized carbons (Fsp3) is 0.0909. The largest absolute Gasteiger partial charge is 0.456 e. The van der Waals surface area contributed by atoms with Crippen LogP contribution >= 0.6 is 0 Å². The van der Waals surface area contributed by atoms with Crippen molar-refractivity contribution < 1.29 is 14.9 Å². The Hall–Kier alpha value is -2.88. The van der Waals surface area contributed by atoms with E-state index in [2.05, 4.69) is 0 Å². The molecule has 0 saturated heterocycles. The molecule has 0 bridgehead atoms. The Kier molecular flexibility index (Phi) is 4.10. The molecule has 0 aromatic heterocycles. The molecule has 0 heterocycles. The van der Waals surface area contributed by atoms with Gasteiger partial charge in [0.25, 0.3) is 0 Å². The summed E-state index contributed by atoms with van der Waals surface area (Å²) >= 11 is 0. The van der Waals surface area contributed by atoms with Crippen LogP contribution in [0.4, 0.5) is 0 Å². The summed E-state index contributed by atoms with van der Waals surface area (Å²) < 4.78 is 6.27. The van der Waals surface area contributed by atoms with Gasteiger partial charge in [0.1, 0.15) is 11.5 Å². The molecule has 25 heavy (non-hydrogen) atoms. The zero-order valence-electron chi connectivity index (χ0n) is 13.6. The maximum atomic E-state index is 9.69. The van der Waals surface area contributed by atoms with Crippen LogP contribution < -0.4 is 4.74 Å². The van der Waals surface area contributed by atoms with Crippen molar-refractivity contribution in [1.82, 2.24) is 0 Å². The van der Waals surface area contributed by atoms with Crippen LogP contribution in [0.15, 0.2) is 72.8 Å². The summed E-state index contributed by atoms with van der Waals surface area (Å²) in [5, 5.41) is 23.2. The zero-order valence-corrected chi connectivity index (χ0v) is 13.6. The average molecular weight is 330 g/mol. The summed E-state index contributed by atoms with van der Waals surface area (Å²) in [7, 11) is 0. The minimum Gasteiger partial charge on any atom is -0.456 e. The van der Waals surface area contributed by atoms with Crippen LogP contribution in [0.3, 0.4) is 0 Å². The maximum absolute atomic E-state index is 9.69. The van der Waals surface area contributed by atoms with Gasteiger partial charge >= 0.3 is 0 Å². The molecule has 0 aliphatic rings. The van der Waals surface area contributed by atoms with E-state index in [0.717, 1.165) is 32.7 Å². The van der Waals surface area contributed by atoms with Crippen molar-refractivity contribution in [2.45, 2.75) is 13.2 Å². The van der Waals surface area contributed by atoms with Crippen LogP contribution in [-0.2, 0) is 13.2 Å². The third kappa shape index (κ3) is 2.74. The highest BCUT2D eigenvalue weighted by Gasteiger charge is 2.11. The van der Waals surface area contributed by atoms with Gasteiger partial charge in [-0.25, -0.2) is 0 Å². The average Bonchev–Trinajstić information content (AvgIpc) is 2.67. The van der Waals surface area contributed by atoms with Crippen LogP contribution in [0.2, 0.25) is 0 Å². The molecule has 0 fully saturated rings. The third-order valence-corrected chi connectivity index (χ3v) is 4.47. The lowest BCUT2D eigenvalue weighted by Crippen LogP contribution is -1.93. The zero-order chi connectivity index (χ0) is 17.2. The Bertz CT molecular complexity index is 958. The van der Waals surface area contributed by atoms with Crippen molar-refractivity contribution >= 4 is 21.5 Å². The van der Waals surface area contributed by atoms with Gasteiger partial charge in [-0.15, -0.1) is 0 Å². The number of hydrogen-bond donors (Lipinski definition) is 2. The van der Waals surface area contributed by atoms with Crippen molar-refractivity contribution in [1.29, 1.82) is 0 Å². The predicted octanol–water partition coefficient (Wildman–Crippen LogP) is 4.77. The molecule has 0 aliphatic heterocycles. The van der Waals surface area contributed by atoms with E-state index in [1.54, 1.807) is 0 Å². The second kappa shape index (κ2) is 6.55. The number of aliphatic hydroxyl groups excluding tert-OH is 2. The van der Waals surface area contributed by atoms with E-state index in [1.165, 1.54) is 0 Å². The van der Waals surface area contributed by atoms with Gasteiger partial charge in [-0.2, -0.15) is 0 Å². The van der Waals surface area contributed by atoms with Crippen molar-refractivity contribution in [3.8, 4) is 11.5 Å². The Morgan fingerprint density at radius 1 is 0.560 bits per heavy atom. The highest BCUT2D eigenvalue weighted by Crippen LogP contribution is 2.37. The van der Waals surface area contributed by atoms with Gasteiger partial charge in [-0.05, 0) is 34.0 Å². The number of rotatable bonds is 4. The van der Waals surface area contributed by atoms with Gasteiger partial charge in [0.2, 0.25) is 0 Å². The molecule has 2 N–H and O–H groups in total. The Morgan fingerprint density at radius 3 is 1.36 bits per heavy atom. The first-order valence-corrected chi connectivity index (χ1v) is 8.22. The maximum Gasteiger partial charge on any atom is 0.135 e. The molecule has 3 nitrogen and oxygen atoms in total. The van der Waals surface area contributed by atoms with E-state index in [0.29, 0.717) is 11.5 Å². The molecule has 4 aromatic carbocycles. The van der Waals surface area contributed by atoms with Gasteiger partial charge in [0.15, 0.2) is 0 Å². The van der Waals surface area contributed by atoms with Crippen molar-refractivity contribution in [3.63, 3.8) is 0 Å². The normalized spacial score (nSPS) is 11.1. The molecular formula is C22H18O3. The van der Waals surface area contributed by atoms with E-state index >= 15 is 0 Å². The first kappa shape index (κ1) is 15.6.